The summed E-state index contributed by atoms with van der Waals surface area (Å²) in [6, 6.07) is 34.8. The summed E-state index contributed by atoms with van der Waals surface area (Å²) in [6.07, 6.45) is 1.96. The summed E-state index contributed by atoms with van der Waals surface area (Å²) in [6.45, 7) is 4.97. The van der Waals surface area contributed by atoms with Crippen molar-refractivity contribution in [2.45, 2.75) is 57.2 Å². The van der Waals surface area contributed by atoms with Crippen LogP contribution in [0.2, 0.25) is 0 Å². The molecule has 1 saturated heterocycles. The number of nitrogens with zero attached hydrogens (tertiary/aromatic N) is 3. The molecule has 0 atom stereocenters. The van der Waals surface area contributed by atoms with Gasteiger partial charge in [-0.1, -0.05) is 104 Å². The first kappa shape index (κ1) is 33.8. The second-order valence-corrected chi connectivity index (χ2v) is 13.4. The SMILES string of the molecule is O=C(c1cccc(N2CCN(CCC(c3ccccc3)c3ccccc3)CC2)c1)N(Cc1ccccc1C(F)(F)F)CC1CCCCC1. The minimum absolute atomic E-state index is 0.0547. The minimum atomic E-state index is -4.47. The lowest BCUT2D eigenvalue weighted by Gasteiger charge is -2.37. The molecule has 48 heavy (non-hydrogen) atoms. The van der Waals surface area contributed by atoms with Crippen LogP contribution in [0.4, 0.5) is 18.9 Å². The Morgan fingerprint density at radius 2 is 1.38 bits per heavy atom. The van der Waals surface area contributed by atoms with Crippen molar-refractivity contribution in [3.05, 3.63) is 137 Å². The van der Waals surface area contributed by atoms with Gasteiger partial charge in [0, 0.05) is 56.4 Å². The number of rotatable bonds is 11. The molecule has 4 aromatic rings. The molecule has 0 aromatic heterocycles. The molecule has 0 radical (unpaired) electrons. The van der Waals surface area contributed by atoms with E-state index >= 15 is 0 Å². The Kier molecular flexibility index (Phi) is 11.2. The van der Waals surface area contributed by atoms with E-state index < -0.39 is 11.7 Å². The number of anilines is 1. The average molecular weight is 654 g/mol. The van der Waals surface area contributed by atoms with Crippen molar-refractivity contribution in [2.24, 2.45) is 5.92 Å². The smallest absolute Gasteiger partial charge is 0.369 e. The van der Waals surface area contributed by atoms with Crippen LogP contribution in [0.1, 0.15) is 77.1 Å². The maximum atomic E-state index is 14.1. The Labute approximate surface area is 283 Å². The van der Waals surface area contributed by atoms with Crippen molar-refractivity contribution >= 4 is 11.6 Å². The molecule has 0 N–H and O–H groups in total. The van der Waals surface area contributed by atoms with Gasteiger partial charge in [-0.15, -0.1) is 0 Å². The zero-order valence-electron chi connectivity index (χ0n) is 27.6. The molecular weight excluding hydrogens is 607 g/mol. The molecule has 1 heterocycles. The van der Waals surface area contributed by atoms with E-state index in [-0.39, 0.29) is 18.0 Å². The summed E-state index contributed by atoms with van der Waals surface area (Å²) < 4.78 is 41.7. The fourth-order valence-corrected chi connectivity index (χ4v) is 7.50. The van der Waals surface area contributed by atoms with Gasteiger partial charge in [-0.3, -0.25) is 9.69 Å². The molecule has 0 spiro atoms. The van der Waals surface area contributed by atoms with E-state index in [1.165, 1.54) is 29.7 Å². The maximum absolute atomic E-state index is 14.1. The number of piperazine rings is 1. The molecule has 0 bridgehead atoms. The highest BCUT2D eigenvalue weighted by Crippen LogP contribution is 2.34. The van der Waals surface area contributed by atoms with Crippen molar-refractivity contribution in [3.8, 4) is 0 Å². The number of benzene rings is 4. The third-order valence-electron chi connectivity index (χ3n) is 10.1. The van der Waals surface area contributed by atoms with Crippen LogP contribution in [0.25, 0.3) is 0 Å². The molecule has 1 saturated carbocycles. The number of carbonyl (C=O) groups is 1. The van der Waals surface area contributed by atoms with E-state index in [4.69, 9.17) is 0 Å². The largest absolute Gasteiger partial charge is 0.416 e. The van der Waals surface area contributed by atoms with Gasteiger partial charge < -0.3 is 9.80 Å². The van der Waals surface area contributed by atoms with E-state index in [0.717, 1.165) is 76.6 Å². The molecule has 1 amide bonds. The normalized spacial score (nSPS) is 16.3. The van der Waals surface area contributed by atoms with E-state index in [9.17, 15) is 18.0 Å². The third kappa shape index (κ3) is 8.67. The van der Waals surface area contributed by atoms with Crippen molar-refractivity contribution in [2.75, 3.05) is 44.2 Å². The van der Waals surface area contributed by atoms with Crippen molar-refractivity contribution in [1.29, 1.82) is 0 Å². The molecule has 2 fully saturated rings. The van der Waals surface area contributed by atoms with E-state index in [1.807, 2.05) is 18.2 Å². The molecule has 6 rings (SSSR count). The summed E-state index contributed by atoms with van der Waals surface area (Å²) in [5.74, 6) is 0.444. The first-order chi connectivity index (χ1) is 23.3. The zero-order valence-corrected chi connectivity index (χ0v) is 27.6. The molecule has 2 aliphatic rings. The van der Waals surface area contributed by atoms with Gasteiger partial charge in [-0.25, -0.2) is 0 Å². The van der Waals surface area contributed by atoms with Gasteiger partial charge in [-0.2, -0.15) is 13.2 Å². The number of amides is 1. The van der Waals surface area contributed by atoms with Crippen LogP contribution in [0.3, 0.4) is 0 Å². The summed E-state index contributed by atoms with van der Waals surface area (Å²) in [7, 11) is 0. The molecule has 7 heteroatoms. The second kappa shape index (κ2) is 15.9. The highest BCUT2D eigenvalue weighted by atomic mass is 19.4. The standard InChI is InChI=1S/C41H46F3N3O/c42-41(43,44)39-22-11-10-19-36(39)31-47(30-32-13-4-1-5-14-32)40(48)35-20-12-21-37(29-35)46-27-25-45(26-28-46)24-23-38(33-15-6-2-7-16-33)34-17-8-3-9-18-34/h2-3,6-12,15-22,29,32,38H,1,4-5,13-14,23-28,30-31H2. The molecule has 252 valence electrons. The van der Waals surface area contributed by atoms with Crippen LogP contribution < -0.4 is 4.90 Å². The lowest BCUT2D eigenvalue weighted by atomic mass is 9.88. The number of carbonyl (C=O) groups excluding carboxylic acids is 1. The maximum Gasteiger partial charge on any atom is 0.416 e. The second-order valence-electron chi connectivity index (χ2n) is 13.4. The number of alkyl halides is 3. The molecule has 4 aromatic carbocycles. The van der Waals surface area contributed by atoms with Gasteiger partial charge in [0.15, 0.2) is 0 Å². The van der Waals surface area contributed by atoms with Gasteiger partial charge in [0.05, 0.1) is 5.56 Å². The van der Waals surface area contributed by atoms with Crippen molar-refractivity contribution in [3.63, 3.8) is 0 Å². The van der Waals surface area contributed by atoms with Gasteiger partial charge in [-0.05, 0) is 72.7 Å². The van der Waals surface area contributed by atoms with Crippen LogP contribution in [-0.2, 0) is 12.7 Å². The van der Waals surface area contributed by atoms with E-state index in [0.29, 0.717) is 23.9 Å². The monoisotopic (exact) mass is 653 g/mol. The Hall–Kier alpha value is -4.10. The Morgan fingerprint density at radius 3 is 2.02 bits per heavy atom. The fraction of sp³-hybridized carbons (Fsp3) is 0.390. The number of hydrogen-bond acceptors (Lipinski definition) is 3. The van der Waals surface area contributed by atoms with Crippen LogP contribution in [0.15, 0.2) is 109 Å². The van der Waals surface area contributed by atoms with Crippen LogP contribution in [-0.4, -0.2) is 55.0 Å². The molecular formula is C41H46F3N3O. The average Bonchev–Trinajstić information content (AvgIpc) is 3.12. The predicted molar refractivity (Wildman–Crippen MR) is 187 cm³/mol. The van der Waals surface area contributed by atoms with Gasteiger partial charge in [0.1, 0.15) is 0 Å². The highest BCUT2D eigenvalue weighted by molar-refractivity contribution is 5.95. The topological polar surface area (TPSA) is 26.8 Å². The summed E-state index contributed by atoms with van der Waals surface area (Å²) in [4.78, 5) is 20.6. The fourth-order valence-electron chi connectivity index (χ4n) is 7.50. The minimum Gasteiger partial charge on any atom is -0.369 e. The molecule has 0 unspecified atom stereocenters. The molecule has 4 nitrogen and oxygen atoms in total. The quantitative estimate of drug-likeness (QED) is 0.162. The lowest BCUT2D eigenvalue weighted by molar-refractivity contribution is -0.138. The number of halogens is 3. The lowest BCUT2D eigenvalue weighted by Crippen LogP contribution is -2.47. The van der Waals surface area contributed by atoms with Crippen molar-refractivity contribution < 1.29 is 18.0 Å². The highest BCUT2D eigenvalue weighted by Gasteiger charge is 2.34. The summed E-state index contributed by atoms with van der Waals surface area (Å²) >= 11 is 0. The predicted octanol–water partition coefficient (Wildman–Crippen LogP) is 9.27. The Morgan fingerprint density at radius 1 is 0.750 bits per heavy atom. The molecule has 1 aliphatic carbocycles. The molecule has 1 aliphatic heterocycles. The van der Waals surface area contributed by atoms with Gasteiger partial charge >= 0.3 is 6.18 Å². The number of hydrogen-bond donors (Lipinski definition) is 0. The van der Waals surface area contributed by atoms with Crippen LogP contribution in [0.5, 0.6) is 0 Å². The Bertz CT molecular complexity index is 1560. The summed E-state index contributed by atoms with van der Waals surface area (Å²) in [5, 5.41) is 0. The van der Waals surface area contributed by atoms with Gasteiger partial charge in [0.25, 0.3) is 5.91 Å². The van der Waals surface area contributed by atoms with E-state index in [1.54, 1.807) is 17.0 Å². The zero-order chi connectivity index (χ0) is 33.3. The Balaban J connectivity index is 1.12. The summed E-state index contributed by atoms with van der Waals surface area (Å²) in [5.41, 5.74) is 3.66. The first-order valence-electron chi connectivity index (χ1n) is 17.5. The van der Waals surface area contributed by atoms with E-state index in [2.05, 4.69) is 70.5 Å². The van der Waals surface area contributed by atoms with Crippen LogP contribution >= 0.6 is 0 Å². The van der Waals surface area contributed by atoms with Gasteiger partial charge in [0.2, 0.25) is 0 Å². The van der Waals surface area contributed by atoms with Crippen LogP contribution in [0, 0.1) is 5.92 Å². The van der Waals surface area contributed by atoms with Crippen molar-refractivity contribution in [1.82, 2.24) is 9.80 Å². The third-order valence-corrected chi connectivity index (χ3v) is 10.1. The first-order valence-corrected chi connectivity index (χ1v) is 17.5.